The molecule has 0 aromatic heterocycles. The monoisotopic (exact) mass is 316 g/mol. The minimum atomic E-state index is -0.749. The lowest BCUT2D eigenvalue weighted by Gasteiger charge is -2.20. The van der Waals surface area contributed by atoms with Crippen molar-refractivity contribution in [2.45, 2.75) is 33.0 Å². The summed E-state index contributed by atoms with van der Waals surface area (Å²) >= 11 is 0. The van der Waals surface area contributed by atoms with E-state index in [2.05, 4.69) is 11.4 Å². The molecule has 0 atom stereocenters. The molecule has 0 bridgehead atoms. The van der Waals surface area contributed by atoms with E-state index >= 15 is 0 Å². The number of rotatable bonds is 4. The van der Waals surface area contributed by atoms with Gasteiger partial charge in [0, 0.05) is 6.07 Å². The average Bonchev–Trinajstić information content (AvgIpc) is 2.47. The molecule has 1 N–H and O–H groups in total. The molecule has 2 aromatic rings. The Morgan fingerprint density at radius 3 is 2.57 bits per heavy atom. The van der Waals surface area contributed by atoms with E-state index < -0.39 is 17.5 Å². The largest absolute Gasteiger partial charge is 0.487 e. The Balaban J connectivity index is 2.11. The Hall–Kier alpha value is -2.56. The van der Waals surface area contributed by atoms with Gasteiger partial charge in [0.1, 0.15) is 23.6 Å². The Morgan fingerprint density at radius 1 is 1.22 bits per heavy atom. The standard InChI is InChI=1S/C18H19FNO3/c1-18(2,3)23-17(21)20-16-14(19)10-7-11-15(16)22-12-13-8-5-4-6-9-13/h4-9,11H,12H2,1-3H3,(H,20,21). The van der Waals surface area contributed by atoms with Crippen LogP contribution in [0, 0.1) is 11.9 Å². The van der Waals surface area contributed by atoms with Crippen LogP contribution >= 0.6 is 0 Å². The molecular weight excluding hydrogens is 297 g/mol. The van der Waals surface area contributed by atoms with Crippen LogP contribution < -0.4 is 10.1 Å². The summed E-state index contributed by atoms with van der Waals surface area (Å²) in [6, 6.07) is 14.8. The van der Waals surface area contributed by atoms with Gasteiger partial charge < -0.3 is 9.47 Å². The van der Waals surface area contributed by atoms with E-state index in [1.165, 1.54) is 6.07 Å². The molecule has 0 spiro atoms. The molecule has 2 rings (SSSR count). The van der Waals surface area contributed by atoms with Crippen molar-refractivity contribution >= 4 is 11.8 Å². The molecule has 0 unspecified atom stereocenters. The molecule has 0 aliphatic heterocycles. The van der Waals surface area contributed by atoms with Crippen LogP contribution in [0.4, 0.5) is 14.9 Å². The van der Waals surface area contributed by atoms with Gasteiger partial charge in [-0.1, -0.05) is 30.3 Å². The van der Waals surface area contributed by atoms with E-state index in [0.717, 1.165) is 5.56 Å². The number of benzene rings is 2. The van der Waals surface area contributed by atoms with Crippen LogP contribution in [0.2, 0.25) is 0 Å². The Bertz CT molecular complexity index is 666. The summed E-state index contributed by atoms with van der Waals surface area (Å²) in [5, 5.41) is 2.38. The SMILES string of the molecule is CC(C)(C)OC(=O)Nc1c(F)[c]ccc1OCc1ccccc1. The van der Waals surface area contributed by atoms with Crippen molar-refractivity contribution in [2.24, 2.45) is 0 Å². The first-order valence-corrected chi connectivity index (χ1v) is 7.22. The topological polar surface area (TPSA) is 47.6 Å². The zero-order chi connectivity index (χ0) is 16.9. The maximum absolute atomic E-state index is 14.0. The fourth-order valence-corrected chi connectivity index (χ4v) is 1.83. The second-order valence-electron chi connectivity index (χ2n) is 5.93. The van der Waals surface area contributed by atoms with Gasteiger partial charge in [-0.15, -0.1) is 0 Å². The van der Waals surface area contributed by atoms with Crippen molar-refractivity contribution < 1.29 is 18.7 Å². The fraction of sp³-hybridized carbons (Fsp3) is 0.278. The molecule has 0 heterocycles. The van der Waals surface area contributed by atoms with Crippen LogP contribution in [0.25, 0.3) is 0 Å². The highest BCUT2D eigenvalue weighted by molar-refractivity contribution is 5.87. The summed E-state index contributed by atoms with van der Waals surface area (Å²) in [6.45, 7) is 5.44. The van der Waals surface area contributed by atoms with Crippen molar-refractivity contribution in [1.82, 2.24) is 0 Å². The van der Waals surface area contributed by atoms with Gasteiger partial charge in [-0.05, 0) is 38.5 Å². The van der Waals surface area contributed by atoms with Crippen molar-refractivity contribution in [3.8, 4) is 5.75 Å². The predicted molar refractivity (Wildman–Crippen MR) is 85.9 cm³/mol. The molecule has 121 valence electrons. The van der Waals surface area contributed by atoms with Gasteiger partial charge in [0.05, 0.1) is 0 Å². The first-order chi connectivity index (χ1) is 10.8. The molecule has 1 radical (unpaired) electrons. The summed E-state index contributed by atoms with van der Waals surface area (Å²) in [6.07, 6.45) is -0.749. The van der Waals surface area contributed by atoms with Crippen LogP contribution in [-0.2, 0) is 11.3 Å². The maximum atomic E-state index is 14.0. The number of halogens is 1. The quantitative estimate of drug-likeness (QED) is 0.900. The summed E-state index contributed by atoms with van der Waals surface area (Å²) in [5.41, 5.74) is 0.172. The number of carbonyl (C=O) groups excluding carboxylic acids is 1. The lowest BCUT2D eigenvalue weighted by Crippen LogP contribution is -2.27. The normalized spacial score (nSPS) is 11.0. The maximum Gasteiger partial charge on any atom is 0.412 e. The van der Waals surface area contributed by atoms with Gasteiger partial charge in [-0.3, -0.25) is 5.32 Å². The van der Waals surface area contributed by atoms with Crippen LogP contribution in [0.3, 0.4) is 0 Å². The van der Waals surface area contributed by atoms with Gasteiger partial charge >= 0.3 is 6.09 Å². The number of carbonyl (C=O) groups is 1. The third-order valence-corrected chi connectivity index (χ3v) is 2.77. The molecule has 4 nitrogen and oxygen atoms in total. The highest BCUT2D eigenvalue weighted by atomic mass is 19.1. The molecule has 5 heteroatoms. The predicted octanol–water partition coefficient (Wildman–Crippen LogP) is 4.55. The van der Waals surface area contributed by atoms with Crippen LogP contribution in [-0.4, -0.2) is 11.7 Å². The molecule has 0 aliphatic carbocycles. The Kier molecular flexibility index (Phi) is 5.21. The van der Waals surface area contributed by atoms with Crippen molar-refractivity contribution in [3.05, 3.63) is 59.9 Å². The Morgan fingerprint density at radius 2 is 1.91 bits per heavy atom. The van der Waals surface area contributed by atoms with Crippen LogP contribution in [0.15, 0.2) is 42.5 Å². The number of nitrogens with one attached hydrogen (secondary N) is 1. The summed E-state index contributed by atoms with van der Waals surface area (Å²) < 4.78 is 24.7. The highest BCUT2D eigenvalue weighted by Gasteiger charge is 2.19. The van der Waals surface area contributed by atoms with Gasteiger partial charge in [0.25, 0.3) is 0 Å². The third-order valence-electron chi connectivity index (χ3n) is 2.77. The van der Waals surface area contributed by atoms with Crippen LogP contribution in [0.5, 0.6) is 5.75 Å². The van der Waals surface area contributed by atoms with Crippen molar-refractivity contribution in [3.63, 3.8) is 0 Å². The molecule has 1 amide bonds. The first-order valence-electron chi connectivity index (χ1n) is 7.22. The summed E-state index contributed by atoms with van der Waals surface area (Å²) in [5.74, 6) is -0.489. The molecule has 2 aromatic carbocycles. The third kappa shape index (κ3) is 5.29. The second kappa shape index (κ2) is 7.13. The zero-order valence-electron chi connectivity index (χ0n) is 13.4. The number of hydrogen-bond acceptors (Lipinski definition) is 3. The molecule has 0 fully saturated rings. The average molecular weight is 316 g/mol. The molecule has 0 saturated heterocycles. The lowest BCUT2D eigenvalue weighted by atomic mass is 10.2. The molecule has 0 saturated carbocycles. The van der Waals surface area contributed by atoms with Gasteiger partial charge in [-0.2, -0.15) is 0 Å². The van der Waals surface area contributed by atoms with Gasteiger partial charge in [0.15, 0.2) is 5.82 Å². The molecular formula is C18H19FNO3. The number of anilines is 1. The summed E-state index contributed by atoms with van der Waals surface area (Å²) in [4.78, 5) is 11.8. The van der Waals surface area contributed by atoms with Crippen molar-refractivity contribution in [2.75, 3.05) is 5.32 Å². The van der Waals surface area contributed by atoms with Gasteiger partial charge in [0.2, 0.25) is 0 Å². The lowest BCUT2D eigenvalue weighted by molar-refractivity contribution is 0.0634. The minimum Gasteiger partial charge on any atom is -0.487 e. The molecule has 0 aliphatic rings. The van der Waals surface area contributed by atoms with Gasteiger partial charge in [-0.25, -0.2) is 9.18 Å². The van der Waals surface area contributed by atoms with E-state index in [-0.39, 0.29) is 18.0 Å². The number of hydrogen-bond donors (Lipinski definition) is 1. The Labute approximate surface area is 135 Å². The van der Waals surface area contributed by atoms with E-state index in [1.54, 1.807) is 26.8 Å². The number of ether oxygens (including phenoxy) is 2. The first kappa shape index (κ1) is 16.8. The minimum absolute atomic E-state index is 0.0855. The van der Waals surface area contributed by atoms with E-state index in [0.29, 0.717) is 0 Å². The fourth-order valence-electron chi connectivity index (χ4n) is 1.83. The van der Waals surface area contributed by atoms with E-state index in [9.17, 15) is 9.18 Å². The molecule has 23 heavy (non-hydrogen) atoms. The summed E-state index contributed by atoms with van der Waals surface area (Å²) in [7, 11) is 0. The van der Waals surface area contributed by atoms with Crippen molar-refractivity contribution in [1.29, 1.82) is 0 Å². The highest BCUT2D eigenvalue weighted by Crippen LogP contribution is 2.28. The zero-order valence-corrected chi connectivity index (χ0v) is 13.4. The number of amides is 1. The van der Waals surface area contributed by atoms with Crippen LogP contribution in [0.1, 0.15) is 26.3 Å². The van der Waals surface area contributed by atoms with E-state index in [4.69, 9.17) is 9.47 Å². The second-order valence-corrected chi connectivity index (χ2v) is 5.93. The van der Waals surface area contributed by atoms with E-state index in [1.807, 2.05) is 30.3 Å². The smallest absolute Gasteiger partial charge is 0.412 e.